The van der Waals surface area contributed by atoms with E-state index in [-0.39, 0.29) is 21.8 Å². The molecule has 0 saturated heterocycles. The van der Waals surface area contributed by atoms with Crippen molar-refractivity contribution in [3.8, 4) is 6.07 Å². The van der Waals surface area contributed by atoms with Crippen LogP contribution in [0.5, 0.6) is 0 Å². The fourth-order valence-electron chi connectivity index (χ4n) is 2.27. The number of hydrogen-bond acceptors (Lipinski definition) is 4. The van der Waals surface area contributed by atoms with Crippen molar-refractivity contribution in [2.75, 3.05) is 7.11 Å². The highest BCUT2D eigenvalue weighted by molar-refractivity contribution is 6.29. The molecule has 1 atom stereocenters. The van der Waals surface area contributed by atoms with Crippen LogP contribution in [0.25, 0.3) is 0 Å². The third-order valence-corrected chi connectivity index (χ3v) is 3.74. The van der Waals surface area contributed by atoms with Gasteiger partial charge in [0.25, 0.3) is 0 Å². The lowest BCUT2D eigenvalue weighted by Crippen LogP contribution is -2.27. The summed E-state index contributed by atoms with van der Waals surface area (Å²) in [5.74, 6) is -3.02. The van der Waals surface area contributed by atoms with E-state index in [4.69, 9.17) is 11.6 Å². The van der Waals surface area contributed by atoms with E-state index < -0.39 is 23.0 Å². The summed E-state index contributed by atoms with van der Waals surface area (Å²) in [4.78, 5) is 15.7. The average Bonchev–Trinajstić information content (AvgIpc) is 2.55. The van der Waals surface area contributed by atoms with Crippen LogP contribution in [0.3, 0.4) is 0 Å². The highest BCUT2D eigenvalue weighted by atomic mass is 35.5. The molecule has 23 heavy (non-hydrogen) atoms. The van der Waals surface area contributed by atoms with Gasteiger partial charge in [-0.1, -0.05) is 23.7 Å². The van der Waals surface area contributed by atoms with E-state index in [0.717, 1.165) is 19.4 Å². The first-order chi connectivity index (χ1) is 10.8. The van der Waals surface area contributed by atoms with E-state index in [0.29, 0.717) is 0 Å². The number of aromatic nitrogens is 1. The molecule has 0 N–H and O–H groups in total. The predicted octanol–water partition coefficient (Wildman–Crippen LogP) is 3.63. The summed E-state index contributed by atoms with van der Waals surface area (Å²) in [6.45, 7) is 1.36. The molecule has 7 heteroatoms. The molecule has 0 amide bonds. The molecule has 4 nitrogen and oxygen atoms in total. The Morgan fingerprint density at radius 1 is 1.39 bits per heavy atom. The van der Waals surface area contributed by atoms with E-state index >= 15 is 0 Å². The topological polar surface area (TPSA) is 63.0 Å². The largest absolute Gasteiger partial charge is 0.465 e. The van der Waals surface area contributed by atoms with Gasteiger partial charge in [-0.3, -0.25) is 0 Å². The molecule has 1 aromatic carbocycles. The highest BCUT2D eigenvalue weighted by Gasteiger charge is 2.37. The Morgan fingerprint density at radius 3 is 2.70 bits per heavy atom. The van der Waals surface area contributed by atoms with E-state index in [1.54, 1.807) is 0 Å². The van der Waals surface area contributed by atoms with Crippen molar-refractivity contribution in [3.63, 3.8) is 0 Å². The van der Waals surface area contributed by atoms with Gasteiger partial charge in [0.15, 0.2) is 11.6 Å². The minimum Gasteiger partial charge on any atom is -0.465 e. The maximum absolute atomic E-state index is 14.2. The molecule has 0 radical (unpaired) electrons. The summed E-state index contributed by atoms with van der Waals surface area (Å²) in [6.07, 6.45) is 1.14. The second-order valence-corrected chi connectivity index (χ2v) is 5.27. The zero-order valence-corrected chi connectivity index (χ0v) is 13.0. The maximum atomic E-state index is 14.2. The lowest BCUT2D eigenvalue weighted by atomic mass is 9.75. The highest BCUT2D eigenvalue weighted by Crippen LogP contribution is 2.36. The normalized spacial score (nSPS) is 13.0. The van der Waals surface area contributed by atoms with Gasteiger partial charge in [-0.2, -0.15) is 5.26 Å². The molecule has 1 heterocycles. The fraction of sp³-hybridized carbons (Fsp3) is 0.188. The number of rotatable bonds is 3. The molecule has 2 aromatic rings. The molecule has 0 spiro atoms. The van der Waals surface area contributed by atoms with Gasteiger partial charge in [0.05, 0.1) is 18.7 Å². The van der Waals surface area contributed by atoms with Crippen molar-refractivity contribution in [2.45, 2.75) is 12.3 Å². The van der Waals surface area contributed by atoms with E-state index in [1.807, 2.05) is 6.07 Å². The van der Waals surface area contributed by atoms with Crippen molar-refractivity contribution in [3.05, 3.63) is 63.9 Å². The van der Waals surface area contributed by atoms with Gasteiger partial charge in [-0.05, 0) is 24.6 Å². The van der Waals surface area contributed by atoms with E-state index in [9.17, 15) is 18.8 Å². The maximum Gasteiger partial charge on any atom is 0.339 e. The molecule has 0 aliphatic carbocycles. The van der Waals surface area contributed by atoms with Crippen LogP contribution in [0.4, 0.5) is 8.78 Å². The number of hydrogen-bond donors (Lipinski definition) is 0. The van der Waals surface area contributed by atoms with Gasteiger partial charge in [0, 0.05) is 11.8 Å². The number of pyridine rings is 1. The van der Waals surface area contributed by atoms with Crippen LogP contribution in [0.1, 0.15) is 28.4 Å². The van der Waals surface area contributed by atoms with Gasteiger partial charge in [-0.15, -0.1) is 0 Å². The molecule has 0 aliphatic rings. The summed E-state index contributed by atoms with van der Waals surface area (Å²) in [5, 5.41) is 9.63. The van der Waals surface area contributed by atoms with Crippen molar-refractivity contribution in [1.29, 1.82) is 5.26 Å². The van der Waals surface area contributed by atoms with Crippen LogP contribution in [0.2, 0.25) is 5.15 Å². The Morgan fingerprint density at radius 2 is 2.09 bits per heavy atom. The minimum absolute atomic E-state index is 0.00550. The number of carbonyl (C=O) groups is 1. The Hall–Kier alpha value is -2.52. The van der Waals surface area contributed by atoms with Crippen molar-refractivity contribution < 1.29 is 18.3 Å². The fourth-order valence-corrected chi connectivity index (χ4v) is 2.43. The lowest BCUT2D eigenvalue weighted by Gasteiger charge is -2.25. The van der Waals surface area contributed by atoms with Gasteiger partial charge in [0.2, 0.25) is 0 Å². The Bertz CT molecular complexity index is 820. The number of carbonyl (C=O) groups excluding carboxylic acids is 1. The van der Waals surface area contributed by atoms with Gasteiger partial charge in [-0.25, -0.2) is 18.6 Å². The van der Waals surface area contributed by atoms with Crippen LogP contribution in [-0.4, -0.2) is 18.1 Å². The second kappa shape index (κ2) is 6.31. The van der Waals surface area contributed by atoms with E-state index in [2.05, 4.69) is 9.72 Å². The number of nitrogens with zero attached hydrogens (tertiary/aromatic N) is 2. The second-order valence-electron chi connectivity index (χ2n) is 4.88. The Kier molecular flexibility index (Phi) is 4.62. The van der Waals surface area contributed by atoms with Crippen molar-refractivity contribution in [1.82, 2.24) is 4.98 Å². The number of ether oxygens (including phenoxy) is 1. The van der Waals surface area contributed by atoms with E-state index in [1.165, 1.54) is 25.1 Å². The SMILES string of the molecule is COC(=O)c1cnc(Cl)cc1C(C)(C#N)c1cccc(F)c1F. The van der Waals surface area contributed by atoms with Gasteiger partial charge >= 0.3 is 5.97 Å². The summed E-state index contributed by atoms with van der Waals surface area (Å²) in [5.41, 5.74) is -1.85. The van der Waals surface area contributed by atoms with Crippen LogP contribution >= 0.6 is 11.6 Å². The quantitative estimate of drug-likeness (QED) is 0.634. The Labute approximate surface area is 136 Å². The lowest BCUT2D eigenvalue weighted by molar-refractivity contribution is 0.0598. The molecule has 0 saturated carbocycles. The first kappa shape index (κ1) is 16.8. The number of esters is 1. The number of benzene rings is 1. The molecular weight excluding hydrogens is 326 g/mol. The van der Waals surface area contributed by atoms with Crippen LogP contribution in [-0.2, 0) is 10.2 Å². The summed E-state index contributed by atoms with van der Waals surface area (Å²) in [6, 6.07) is 6.69. The van der Waals surface area contributed by atoms with Crippen LogP contribution in [0.15, 0.2) is 30.5 Å². The molecular formula is C16H11ClF2N2O2. The molecule has 1 unspecified atom stereocenters. The van der Waals surface area contributed by atoms with Crippen molar-refractivity contribution in [2.24, 2.45) is 0 Å². The molecule has 118 valence electrons. The zero-order valence-electron chi connectivity index (χ0n) is 12.2. The minimum atomic E-state index is -1.66. The standard InChI is InChI=1S/C16H11ClF2N2O2/c1-16(8-20,10-4-3-5-12(18)14(10)19)11-6-13(17)21-7-9(11)15(22)23-2/h3-7H,1-2H3. The number of nitriles is 1. The van der Waals surface area contributed by atoms with Gasteiger partial charge in [0.1, 0.15) is 10.6 Å². The monoisotopic (exact) mass is 336 g/mol. The first-order valence-electron chi connectivity index (χ1n) is 6.45. The molecule has 1 aromatic heterocycles. The summed E-state index contributed by atoms with van der Waals surface area (Å²) < 4.78 is 32.4. The first-order valence-corrected chi connectivity index (χ1v) is 6.83. The third kappa shape index (κ3) is 2.88. The zero-order chi connectivity index (χ0) is 17.2. The van der Waals surface area contributed by atoms with Crippen molar-refractivity contribution >= 4 is 17.6 Å². The number of methoxy groups -OCH3 is 1. The average molecular weight is 337 g/mol. The third-order valence-electron chi connectivity index (χ3n) is 3.53. The summed E-state index contributed by atoms with van der Waals surface area (Å²) in [7, 11) is 1.16. The van der Waals surface area contributed by atoms with Crippen LogP contribution in [0, 0.1) is 23.0 Å². The van der Waals surface area contributed by atoms with Crippen LogP contribution < -0.4 is 0 Å². The smallest absolute Gasteiger partial charge is 0.339 e. The summed E-state index contributed by atoms with van der Waals surface area (Å²) >= 11 is 5.85. The number of halogens is 3. The molecule has 0 bridgehead atoms. The molecule has 0 aliphatic heterocycles. The molecule has 0 fully saturated rings. The molecule has 2 rings (SSSR count). The Balaban J connectivity index is 2.80. The van der Waals surface area contributed by atoms with Gasteiger partial charge < -0.3 is 4.74 Å². The predicted molar refractivity (Wildman–Crippen MR) is 79.0 cm³/mol.